The van der Waals surface area contributed by atoms with Crippen molar-refractivity contribution in [3.63, 3.8) is 0 Å². The lowest BCUT2D eigenvalue weighted by Crippen LogP contribution is -2.02. The Morgan fingerprint density at radius 1 is 1.19 bits per heavy atom. The molecule has 1 rings (SSSR count). The molecule has 2 heteroatoms. The van der Waals surface area contributed by atoms with E-state index in [1.54, 1.807) is 6.07 Å². The van der Waals surface area contributed by atoms with E-state index < -0.39 is 0 Å². The van der Waals surface area contributed by atoms with Crippen molar-refractivity contribution in [2.45, 2.75) is 51.9 Å². The fourth-order valence-corrected chi connectivity index (χ4v) is 2.13. The molecule has 0 bridgehead atoms. The first-order valence-corrected chi connectivity index (χ1v) is 6.24. The van der Waals surface area contributed by atoms with E-state index in [1.165, 1.54) is 6.07 Å². The molecule has 0 aromatic heterocycles. The van der Waals surface area contributed by atoms with E-state index >= 15 is 0 Å². The Kier molecular flexibility index (Phi) is 5.30. The summed E-state index contributed by atoms with van der Waals surface area (Å²) in [4.78, 5) is 0. The van der Waals surface area contributed by atoms with Gasteiger partial charge in [0.25, 0.3) is 0 Å². The molecule has 0 saturated heterocycles. The number of benzene rings is 1. The van der Waals surface area contributed by atoms with Crippen LogP contribution in [0.2, 0.25) is 0 Å². The molecule has 90 valence electrons. The Bertz CT molecular complexity index is 323. The van der Waals surface area contributed by atoms with Gasteiger partial charge in [0, 0.05) is 5.69 Å². The molecule has 2 N–H and O–H groups in total. The Hall–Kier alpha value is -1.05. The van der Waals surface area contributed by atoms with E-state index in [0.717, 1.165) is 37.7 Å². The van der Waals surface area contributed by atoms with Gasteiger partial charge in [0.2, 0.25) is 0 Å². The summed E-state index contributed by atoms with van der Waals surface area (Å²) < 4.78 is 13.8. The molecule has 0 aliphatic rings. The molecule has 1 nitrogen and oxygen atoms in total. The van der Waals surface area contributed by atoms with Crippen LogP contribution >= 0.6 is 0 Å². The highest BCUT2D eigenvalue weighted by atomic mass is 19.1. The van der Waals surface area contributed by atoms with Crippen LogP contribution in [0, 0.1) is 5.82 Å². The van der Waals surface area contributed by atoms with Gasteiger partial charge in [-0.05, 0) is 36.5 Å². The topological polar surface area (TPSA) is 26.0 Å². The minimum Gasteiger partial charge on any atom is -0.399 e. The van der Waals surface area contributed by atoms with Crippen molar-refractivity contribution in [2.75, 3.05) is 5.73 Å². The van der Waals surface area contributed by atoms with E-state index in [2.05, 4.69) is 13.8 Å². The van der Waals surface area contributed by atoms with Crippen molar-refractivity contribution in [1.82, 2.24) is 0 Å². The van der Waals surface area contributed by atoms with Crippen molar-refractivity contribution >= 4 is 5.69 Å². The van der Waals surface area contributed by atoms with E-state index in [1.807, 2.05) is 6.07 Å². The summed E-state index contributed by atoms with van der Waals surface area (Å²) in [5.41, 5.74) is 6.91. The van der Waals surface area contributed by atoms with Crippen molar-refractivity contribution in [3.8, 4) is 0 Å². The summed E-state index contributed by atoms with van der Waals surface area (Å²) in [6, 6.07) is 5.08. The van der Waals surface area contributed by atoms with Crippen LogP contribution in [0.1, 0.15) is 57.4 Å². The van der Waals surface area contributed by atoms with Gasteiger partial charge in [0.05, 0.1) is 0 Å². The second-order valence-electron chi connectivity index (χ2n) is 4.41. The van der Waals surface area contributed by atoms with Crippen LogP contribution in [0.15, 0.2) is 18.2 Å². The van der Waals surface area contributed by atoms with Crippen LogP contribution in [-0.4, -0.2) is 0 Å². The molecule has 1 aromatic rings. The summed E-state index contributed by atoms with van der Waals surface area (Å²) in [6.07, 6.45) is 5.55. The number of nitrogen functional groups attached to an aromatic ring is 1. The van der Waals surface area contributed by atoms with E-state index in [4.69, 9.17) is 5.73 Å². The van der Waals surface area contributed by atoms with E-state index in [0.29, 0.717) is 11.6 Å². The number of hydrogen-bond acceptors (Lipinski definition) is 1. The molecule has 0 aliphatic carbocycles. The molecule has 1 aromatic carbocycles. The molecule has 1 unspecified atom stereocenters. The summed E-state index contributed by atoms with van der Waals surface area (Å²) in [5.74, 6) is 0.208. The van der Waals surface area contributed by atoms with Crippen molar-refractivity contribution in [1.29, 1.82) is 0 Å². The number of rotatable bonds is 6. The molecule has 1 atom stereocenters. The molecular weight excluding hydrogens is 201 g/mol. The van der Waals surface area contributed by atoms with Gasteiger partial charge in [-0.3, -0.25) is 0 Å². The van der Waals surface area contributed by atoms with Crippen LogP contribution in [0.4, 0.5) is 10.1 Å². The Balaban J connectivity index is 2.82. The molecule has 0 saturated carbocycles. The summed E-state index contributed by atoms with van der Waals surface area (Å²) in [7, 11) is 0. The van der Waals surface area contributed by atoms with Crippen LogP contribution in [-0.2, 0) is 0 Å². The zero-order chi connectivity index (χ0) is 12.0. The summed E-state index contributed by atoms with van der Waals surface area (Å²) in [5, 5.41) is 0. The van der Waals surface area contributed by atoms with Gasteiger partial charge in [0.1, 0.15) is 5.82 Å². The Morgan fingerprint density at radius 2 is 1.94 bits per heavy atom. The minimum atomic E-state index is -0.144. The number of nitrogens with two attached hydrogens (primary N) is 1. The second kappa shape index (κ2) is 6.51. The van der Waals surface area contributed by atoms with Gasteiger partial charge in [-0.1, -0.05) is 39.2 Å². The molecule has 0 amide bonds. The maximum atomic E-state index is 13.8. The lowest BCUT2D eigenvalue weighted by atomic mass is 9.89. The monoisotopic (exact) mass is 223 g/mol. The van der Waals surface area contributed by atoms with Crippen LogP contribution < -0.4 is 5.73 Å². The third-order valence-corrected chi connectivity index (χ3v) is 3.01. The van der Waals surface area contributed by atoms with Gasteiger partial charge in [-0.25, -0.2) is 4.39 Å². The standard InChI is InChI=1S/C14H22FN/c1-3-5-7-11(6-4-2)13-9-8-12(16)10-14(13)15/h8-11H,3-7,16H2,1-2H3. The fourth-order valence-electron chi connectivity index (χ4n) is 2.13. The number of unbranched alkanes of at least 4 members (excludes halogenated alkanes) is 1. The largest absolute Gasteiger partial charge is 0.399 e. The normalized spacial score (nSPS) is 12.7. The first-order chi connectivity index (χ1) is 7.69. The zero-order valence-electron chi connectivity index (χ0n) is 10.3. The lowest BCUT2D eigenvalue weighted by molar-refractivity contribution is 0.508. The maximum absolute atomic E-state index is 13.8. The highest BCUT2D eigenvalue weighted by Crippen LogP contribution is 2.29. The molecule has 16 heavy (non-hydrogen) atoms. The van der Waals surface area contributed by atoms with Gasteiger partial charge in [-0.15, -0.1) is 0 Å². The highest BCUT2D eigenvalue weighted by Gasteiger charge is 2.14. The molecule has 0 fully saturated rings. The third-order valence-electron chi connectivity index (χ3n) is 3.01. The van der Waals surface area contributed by atoms with Gasteiger partial charge < -0.3 is 5.73 Å². The Labute approximate surface area is 97.9 Å². The van der Waals surface area contributed by atoms with Crippen LogP contribution in [0.3, 0.4) is 0 Å². The van der Waals surface area contributed by atoms with Gasteiger partial charge in [-0.2, -0.15) is 0 Å². The first-order valence-electron chi connectivity index (χ1n) is 6.24. The molecular formula is C14H22FN. The SMILES string of the molecule is CCCCC(CCC)c1ccc(N)cc1F. The van der Waals surface area contributed by atoms with Crippen molar-refractivity contribution < 1.29 is 4.39 Å². The quantitative estimate of drug-likeness (QED) is 0.707. The summed E-state index contributed by atoms with van der Waals surface area (Å²) >= 11 is 0. The number of halogens is 1. The molecule has 0 aliphatic heterocycles. The smallest absolute Gasteiger partial charge is 0.128 e. The third kappa shape index (κ3) is 3.51. The van der Waals surface area contributed by atoms with Crippen LogP contribution in [0.25, 0.3) is 0 Å². The van der Waals surface area contributed by atoms with E-state index in [-0.39, 0.29) is 5.82 Å². The number of anilines is 1. The summed E-state index contributed by atoms with van der Waals surface area (Å²) in [6.45, 7) is 4.32. The Morgan fingerprint density at radius 3 is 2.50 bits per heavy atom. The maximum Gasteiger partial charge on any atom is 0.128 e. The average Bonchev–Trinajstić information content (AvgIpc) is 2.25. The number of hydrogen-bond donors (Lipinski definition) is 1. The predicted octanol–water partition coefficient (Wildman–Crippen LogP) is 4.48. The van der Waals surface area contributed by atoms with Crippen LogP contribution in [0.5, 0.6) is 0 Å². The van der Waals surface area contributed by atoms with Gasteiger partial charge in [0.15, 0.2) is 0 Å². The lowest BCUT2D eigenvalue weighted by Gasteiger charge is -2.17. The molecule has 0 spiro atoms. The van der Waals surface area contributed by atoms with E-state index in [9.17, 15) is 4.39 Å². The fraction of sp³-hybridized carbons (Fsp3) is 0.571. The molecule has 0 heterocycles. The molecule has 0 radical (unpaired) electrons. The minimum absolute atomic E-state index is 0.144. The first kappa shape index (κ1) is 13.0. The van der Waals surface area contributed by atoms with Crippen molar-refractivity contribution in [2.24, 2.45) is 0 Å². The zero-order valence-corrected chi connectivity index (χ0v) is 10.3. The predicted molar refractivity (Wildman–Crippen MR) is 68.0 cm³/mol. The second-order valence-corrected chi connectivity index (χ2v) is 4.41. The van der Waals surface area contributed by atoms with Crippen molar-refractivity contribution in [3.05, 3.63) is 29.6 Å². The van der Waals surface area contributed by atoms with Gasteiger partial charge >= 0.3 is 0 Å². The highest BCUT2D eigenvalue weighted by molar-refractivity contribution is 5.41. The average molecular weight is 223 g/mol.